The Labute approximate surface area is 182 Å². The Balaban J connectivity index is 1.88. The zero-order valence-corrected chi connectivity index (χ0v) is 18.4. The third-order valence-corrected chi connectivity index (χ3v) is 5.68. The van der Waals surface area contributed by atoms with Crippen LogP contribution in [-0.4, -0.2) is 26.8 Å². The SMILES string of the molecule is CC(C)(C(=O)Nc1cccc(Cl)c1)N1OC=C(CI)C(c2ccccc2)C1=O. The van der Waals surface area contributed by atoms with Crippen molar-refractivity contribution in [3.05, 3.63) is 77.0 Å². The molecular weight excluding hydrogens is 491 g/mol. The molecule has 28 heavy (non-hydrogen) atoms. The van der Waals surface area contributed by atoms with Gasteiger partial charge in [0, 0.05) is 15.1 Å². The molecule has 146 valence electrons. The van der Waals surface area contributed by atoms with E-state index in [1.807, 2.05) is 30.3 Å². The topological polar surface area (TPSA) is 58.6 Å². The van der Waals surface area contributed by atoms with Gasteiger partial charge in [0.1, 0.15) is 6.26 Å². The highest BCUT2D eigenvalue weighted by molar-refractivity contribution is 14.1. The average molecular weight is 511 g/mol. The number of carbonyl (C=O) groups is 2. The molecule has 0 aromatic heterocycles. The van der Waals surface area contributed by atoms with Gasteiger partial charge in [-0.05, 0) is 43.2 Å². The number of hydroxylamine groups is 2. The summed E-state index contributed by atoms with van der Waals surface area (Å²) in [6, 6.07) is 16.4. The highest BCUT2D eigenvalue weighted by Gasteiger charge is 2.45. The summed E-state index contributed by atoms with van der Waals surface area (Å²) in [6.07, 6.45) is 1.57. The first-order valence-corrected chi connectivity index (χ1v) is 10.6. The Morgan fingerprint density at radius 2 is 1.93 bits per heavy atom. The molecule has 2 amide bonds. The van der Waals surface area contributed by atoms with Gasteiger partial charge >= 0.3 is 0 Å². The molecule has 1 unspecified atom stereocenters. The highest BCUT2D eigenvalue weighted by Crippen LogP contribution is 2.35. The lowest BCUT2D eigenvalue weighted by atomic mass is 9.89. The molecule has 1 atom stereocenters. The number of benzene rings is 2. The van der Waals surface area contributed by atoms with Crippen molar-refractivity contribution in [1.82, 2.24) is 5.06 Å². The van der Waals surface area contributed by atoms with Crippen molar-refractivity contribution in [3.8, 4) is 0 Å². The summed E-state index contributed by atoms with van der Waals surface area (Å²) in [5, 5.41) is 4.47. The Morgan fingerprint density at radius 3 is 2.57 bits per heavy atom. The number of anilines is 1. The van der Waals surface area contributed by atoms with Crippen LogP contribution in [0.1, 0.15) is 25.3 Å². The van der Waals surface area contributed by atoms with Crippen molar-refractivity contribution in [2.75, 3.05) is 9.74 Å². The van der Waals surface area contributed by atoms with Crippen LogP contribution >= 0.6 is 34.2 Å². The largest absolute Gasteiger partial charge is 0.384 e. The van der Waals surface area contributed by atoms with Gasteiger partial charge in [-0.15, -0.1) is 0 Å². The molecular formula is C21H20ClIN2O3. The monoisotopic (exact) mass is 510 g/mol. The summed E-state index contributed by atoms with van der Waals surface area (Å²) < 4.78 is 0.645. The van der Waals surface area contributed by atoms with Crippen molar-refractivity contribution in [2.24, 2.45) is 0 Å². The quantitative estimate of drug-likeness (QED) is 0.458. The standard InChI is InChI=1S/C21H20ClIN2O3/c1-21(2,20(27)24-17-10-6-9-16(22)11-17)25-19(26)18(15(12-23)13-28-25)14-7-4-3-5-8-14/h3-11,13,18H,12H2,1-2H3,(H,24,27). The summed E-state index contributed by atoms with van der Waals surface area (Å²) in [7, 11) is 0. The van der Waals surface area contributed by atoms with Crippen LogP contribution in [0.15, 0.2) is 66.4 Å². The number of alkyl halides is 1. The van der Waals surface area contributed by atoms with Crippen molar-refractivity contribution in [1.29, 1.82) is 0 Å². The fourth-order valence-electron chi connectivity index (χ4n) is 2.98. The molecule has 5 nitrogen and oxygen atoms in total. The van der Waals surface area contributed by atoms with E-state index >= 15 is 0 Å². The van der Waals surface area contributed by atoms with E-state index in [-0.39, 0.29) is 11.8 Å². The van der Waals surface area contributed by atoms with Gasteiger partial charge < -0.3 is 10.2 Å². The van der Waals surface area contributed by atoms with Crippen LogP contribution in [-0.2, 0) is 14.4 Å². The Kier molecular flexibility index (Phi) is 6.30. The third kappa shape index (κ3) is 4.17. The Hall–Kier alpha value is -2.06. The molecule has 7 heteroatoms. The van der Waals surface area contributed by atoms with Crippen LogP contribution in [0.25, 0.3) is 0 Å². The number of nitrogens with zero attached hydrogens (tertiary/aromatic N) is 1. The lowest BCUT2D eigenvalue weighted by Gasteiger charge is -2.40. The van der Waals surface area contributed by atoms with Crippen LogP contribution in [0.4, 0.5) is 5.69 Å². The smallest absolute Gasteiger partial charge is 0.267 e. The van der Waals surface area contributed by atoms with Crippen molar-refractivity contribution in [3.63, 3.8) is 0 Å². The van der Waals surface area contributed by atoms with Crippen molar-refractivity contribution in [2.45, 2.75) is 25.3 Å². The molecule has 2 aromatic rings. The zero-order chi connectivity index (χ0) is 20.3. The maximum atomic E-state index is 13.3. The van der Waals surface area contributed by atoms with Crippen molar-refractivity contribution < 1.29 is 14.4 Å². The Morgan fingerprint density at radius 1 is 1.21 bits per heavy atom. The van der Waals surface area contributed by atoms with E-state index in [2.05, 4.69) is 27.9 Å². The van der Waals surface area contributed by atoms with Crippen LogP contribution in [0.5, 0.6) is 0 Å². The molecule has 1 aliphatic heterocycles. The molecule has 0 saturated carbocycles. The molecule has 0 spiro atoms. The van der Waals surface area contributed by atoms with Gasteiger partial charge in [-0.3, -0.25) is 9.59 Å². The maximum absolute atomic E-state index is 13.3. The first kappa shape index (κ1) is 20.7. The van der Waals surface area contributed by atoms with E-state index in [1.54, 1.807) is 44.4 Å². The first-order valence-electron chi connectivity index (χ1n) is 8.72. The minimum atomic E-state index is -1.24. The summed E-state index contributed by atoms with van der Waals surface area (Å²) in [5.74, 6) is -1.13. The maximum Gasteiger partial charge on any atom is 0.267 e. The molecule has 1 aliphatic rings. The van der Waals surface area contributed by atoms with Gasteiger partial charge in [0.2, 0.25) is 0 Å². The fourth-order valence-corrected chi connectivity index (χ4v) is 3.79. The zero-order valence-electron chi connectivity index (χ0n) is 15.5. The van der Waals surface area contributed by atoms with Crippen LogP contribution in [0.3, 0.4) is 0 Å². The predicted molar refractivity (Wildman–Crippen MR) is 118 cm³/mol. The van der Waals surface area contributed by atoms with Crippen LogP contribution < -0.4 is 5.32 Å². The number of amides is 2. The summed E-state index contributed by atoms with van der Waals surface area (Å²) in [4.78, 5) is 31.9. The predicted octanol–water partition coefficient (Wildman–Crippen LogP) is 4.93. The minimum absolute atomic E-state index is 0.272. The first-order chi connectivity index (χ1) is 13.3. The van der Waals surface area contributed by atoms with Crippen molar-refractivity contribution >= 4 is 51.7 Å². The van der Waals surface area contributed by atoms with E-state index in [4.69, 9.17) is 16.4 Å². The molecule has 0 radical (unpaired) electrons. The van der Waals surface area contributed by atoms with Gasteiger partial charge in [0.05, 0.1) is 5.92 Å². The second-order valence-electron chi connectivity index (χ2n) is 6.93. The number of rotatable bonds is 5. The van der Waals surface area contributed by atoms with E-state index in [0.29, 0.717) is 15.1 Å². The molecule has 3 rings (SSSR count). The number of hydrogen-bond acceptors (Lipinski definition) is 3. The van der Waals surface area contributed by atoms with Crippen LogP contribution in [0, 0.1) is 0 Å². The molecule has 0 bridgehead atoms. The summed E-state index contributed by atoms with van der Waals surface area (Å²) >= 11 is 8.19. The lowest BCUT2D eigenvalue weighted by molar-refractivity contribution is -0.199. The molecule has 2 aromatic carbocycles. The normalized spacial score (nSPS) is 17.0. The van der Waals surface area contributed by atoms with E-state index in [9.17, 15) is 9.59 Å². The second-order valence-corrected chi connectivity index (χ2v) is 8.13. The summed E-state index contributed by atoms with van der Waals surface area (Å²) in [6.45, 7) is 3.30. The minimum Gasteiger partial charge on any atom is -0.384 e. The van der Waals surface area contributed by atoms with E-state index in [1.165, 1.54) is 0 Å². The number of carbonyl (C=O) groups excluding carboxylic acids is 2. The molecule has 0 saturated heterocycles. The van der Waals surface area contributed by atoms with Gasteiger partial charge in [-0.2, -0.15) is 5.06 Å². The van der Waals surface area contributed by atoms with Gasteiger partial charge in [-0.1, -0.05) is 70.6 Å². The second kappa shape index (κ2) is 8.53. The third-order valence-electron chi connectivity index (χ3n) is 4.56. The Bertz CT molecular complexity index is 915. The fraction of sp³-hybridized carbons (Fsp3) is 0.238. The lowest BCUT2D eigenvalue weighted by Crippen LogP contribution is -2.57. The number of nitrogens with one attached hydrogen (secondary N) is 1. The van der Waals surface area contributed by atoms with E-state index in [0.717, 1.165) is 16.2 Å². The van der Waals surface area contributed by atoms with Crippen LogP contribution in [0.2, 0.25) is 5.02 Å². The summed E-state index contributed by atoms with van der Waals surface area (Å²) in [5.41, 5.74) is 1.05. The highest BCUT2D eigenvalue weighted by atomic mass is 127. The average Bonchev–Trinajstić information content (AvgIpc) is 2.68. The molecule has 0 fully saturated rings. The van der Waals surface area contributed by atoms with E-state index < -0.39 is 11.5 Å². The van der Waals surface area contributed by atoms with Gasteiger partial charge in [-0.25, -0.2) is 0 Å². The molecule has 1 N–H and O–H groups in total. The van der Waals surface area contributed by atoms with Gasteiger partial charge in [0.15, 0.2) is 5.54 Å². The van der Waals surface area contributed by atoms with Gasteiger partial charge in [0.25, 0.3) is 11.8 Å². The molecule has 1 heterocycles. The number of hydrogen-bond donors (Lipinski definition) is 1. The molecule has 0 aliphatic carbocycles. The number of halogens is 2.